The molecule has 0 unspecified atom stereocenters. The van der Waals surface area contributed by atoms with E-state index in [0.717, 1.165) is 20.7 Å². The number of nitrogens with one attached hydrogen (secondary N) is 2. The molecule has 112 valence electrons. The van der Waals surface area contributed by atoms with Gasteiger partial charge in [0.05, 0.1) is 5.00 Å². The predicted molar refractivity (Wildman–Crippen MR) is 90.7 cm³/mol. The normalized spacial score (nSPS) is 10.4. The molecule has 3 heterocycles. The number of urea groups is 1. The van der Waals surface area contributed by atoms with Crippen molar-refractivity contribution in [3.05, 3.63) is 47.6 Å². The largest absolute Gasteiger partial charge is 0.326 e. The third-order valence-electron chi connectivity index (χ3n) is 2.47. The Labute approximate surface area is 139 Å². The number of nitrogens with zero attached hydrogens (tertiary/aromatic N) is 3. The van der Waals surface area contributed by atoms with Gasteiger partial charge in [-0.05, 0) is 29.1 Å². The lowest BCUT2D eigenvalue weighted by molar-refractivity contribution is 0.262. The number of thioether (sulfide) groups is 1. The molecule has 2 N–H and O–H groups in total. The van der Waals surface area contributed by atoms with Crippen molar-refractivity contribution in [3.63, 3.8) is 0 Å². The van der Waals surface area contributed by atoms with Gasteiger partial charge in [-0.3, -0.25) is 15.6 Å². The van der Waals surface area contributed by atoms with Crippen molar-refractivity contribution in [2.75, 3.05) is 10.6 Å². The van der Waals surface area contributed by atoms with Gasteiger partial charge in [-0.15, -0.1) is 21.5 Å². The lowest BCUT2D eigenvalue weighted by atomic mass is 10.3. The molecule has 0 saturated carbocycles. The average molecular weight is 349 g/mol. The van der Waals surface area contributed by atoms with Crippen LogP contribution in [0.4, 0.5) is 14.9 Å². The summed E-state index contributed by atoms with van der Waals surface area (Å²) in [5.41, 5.74) is 1.12. The molecule has 0 spiro atoms. The summed E-state index contributed by atoms with van der Waals surface area (Å²) in [6.45, 7) is 0. The second-order valence-electron chi connectivity index (χ2n) is 4.08. The Morgan fingerprint density at radius 1 is 1.23 bits per heavy atom. The molecule has 0 aliphatic carbocycles. The number of carbonyl (C=O) groups is 1. The van der Waals surface area contributed by atoms with Gasteiger partial charge in [0.2, 0.25) is 5.13 Å². The Morgan fingerprint density at radius 2 is 2.18 bits per heavy atom. The van der Waals surface area contributed by atoms with Gasteiger partial charge in [0.25, 0.3) is 0 Å². The second-order valence-corrected chi connectivity index (χ2v) is 7.23. The second kappa shape index (κ2) is 7.34. The van der Waals surface area contributed by atoms with Crippen LogP contribution in [-0.2, 0) is 5.75 Å². The Balaban J connectivity index is 1.51. The van der Waals surface area contributed by atoms with Crippen LogP contribution in [0, 0.1) is 0 Å². The summed E-state index contributed by atoms with van der Waals surface area (Å²) in [4.78, 5) is 15.8. The molecule has 0 fully saturated rings. The first-order chi connectivity index (χ1) is 10.8. The lowest BCUT2D eigenvalue weighted by Gasteiger charge is -2.01. The van der Waals surface area contributed by atoms with Gasteiger partial charge in [-0.25, -0.2) is 4.79 Å². The van der Waals surface area contributed by atoms with Crippen molar-refractivity contribution in [2.45, 2.75) is 10.1 Å². The van der Waals surface area contributed by atoms with Crippen molar-refractivity contribution in [2.24, 2.45) is 0 Å². The number of amides is 2. The maximum Gasteiger partial charge on any atom is 0.326 e. The number of carbonyl (C=O) groups excluding carboxylic acids is 1. The summed E-state index contributed by atoms with van der Waals surface area (Å²) in [7, 11) is 0. The molecule has 3 aromatic heterocycles. The van der Waals surface area contributed by atoms with Crippen molar-refractivity contribution < 1.29 is 4.79 Å². The minimum absolute atomic E-state index is 0.317. The Hall–Kier alpha value is -1.97. The van der Waals surface area contributed by atoms with Gasteiger partial charge >= 0.3 is 6.03 Å². The van der Waals surface area contributed by atoms with Crippen LogP contribution in [-0.4, -0.2) is 21.2 Å². The molecule has 0 bridgehead atoms. The van der Waals surface area contributed by atoms with Crippen LogP contribution in [0.1, 0.15) is 5.56 Å². The highest BCUT2D eigenvalue weighted by Crippen LogP contribution is 2.28. The van der Waals surface area contributed by atoms with E-state index in [4.69, 9.17) is 0 Å². The van der Waals surface area contributed by atoms with E-state index >= 15 is 0 Å². The van der Waals surface area contributed by atoms with Crippen molar-refractivity contribution in [3.8, 4) is 0 Å². The number of aromatic nitrogens is 3. The number of thiophene rings is 1. The van der Waals surface area contributed by atoms with E-state index in [1.54, 1.807) is 18.0 Å². The number of hydrogen-bond acceptors (Lipinski definition) is 7. The van der Waals surface area contributed by atoms with Gasteiger partial charge in [-0.1, -0.05) is 29.2 Å². The number of pyridine rings is 1. The third kappa shape index (κ3) is 4.26. The molecule has 9 heteroatoms. The van der Waals surface area contributed by atoms with Crippen LogP contribution >= 0.6 is 34.4 Å². The summed E-state index contributed by atoms with van der Waals surface area (Å²) in [6.07, 6.45) is 3.56. The first-order valence-corrected chi connectivity index (χ1v) is 8.94. The van der Waals surface area contributed by atoms with Crippen LogP contribution < -0.4 is 10.6 Å². The summed E-state index contributed by atoms with van der Waals surface area (Å²) < 4.78 is 0.801. The molecule has 0 radical (unpaired) electrons. The van der Waals surface area contributed by atoms with Gasteiger partial charge in [-0.2, -0.15) is 0 Å². The summed E-state index contributed by atoms with van der Waals surface area (Å²) in [5, 5.41) is 16.6. The molecule has 0 aliphatic heterocycles. The fourth-order valence-electron chi connectivity index (χ4n) is 1.54. The molecule has 2 amide bonds. The first-order valence-electron chi connectivity index (χ1n) is 6.26. The zero-order valence-corrected chi connectivity index (χ0v) is 13.7. The first kappa shape index (κ1) is 14.9. The predicted octanol–water partition coefficient (Wildman–Crippen LogP) is 3.93. The Kier molecular flexibility index (Phi) is 4.99. The molecule has 0 atom stereocenters. The van der Waals surface area contributed by atoms with E-state index in [2.05, 4.69) is 25.8 Å². The van der Waals surface area contributed by atoms with Crippen LogP contribution in [0.2, 0.25) is 0 Å². The maximum atomic E-state index is 11.8. The van der Waals surface area contributed by atoms with Crippen LogP contribution in [0.25, 0.3) is 0 Å². The van der Waals surface area contributed by atoms with E-state index in [9.17, 15) is 4.79 Å². The van der Waals surface area contributed by atoms with Crippen molar-refractivity contribution >= 4 is 50.6 Å². The van der Waals surface area contributed by atoms with E-state index in [-0.39, 0.29) is 6.03 Å². The minimum atomic E-state index is -0.317. The Morgan fingerprint density at radius 3 is 2.95 bits per heavy atom. The van der Waals surface area contributed by atoms with Gasteiger partial charge in [0.15, 0.2) is 4.34 Å². The fraction of sp³-hybridized carbons (Fsp3) is 0.0769. The van der Waals surface area contributed by atoms with Crippen LogP contribution in [0.3, 0.4) is 0 Å². The number of hydrogen-bond donors (Lipinski definition) is 2. The third-order valence-corrected chi connectivity index (χ3v) is 5.30. The molecule has 0 aromatic carbocycles. The average Bonchev–Trinajstić information content (AvgIpc) is 3.18. The van der Waals surface area contributed by atoms with E-state index in [1.807, 2.05) is 35.8 Å². The minimum Gasteiger partial charge on any atom is -0.299 e. The maximum absolute atomic E-state index is 11.8. The van der Waals surface area contributed by atoms with Crippen molar-refractivity contribution in [1.82, 2.24) is 15.2 Å². The highest BCUT2D eigenvalue weighted by atomic mass is 32.2. The SMILES string of the molecule is O=C(Nc1cccs1)Nc1nnc(SCc2cccnc2)s1. The zero-order valence-electron chi connectivity index (χ0n) is 11.2. The van der Waals surface area contributed by atoms with Gasteiger partial charge < -0.3 is 0 Å². The van der Waals surface area contributed by atoms with Gasteiger partial charge in [0, 0.05) is 18.1 Å². The molecule has 3 aromatic rings. The summed E-state index contributed by atoms with van der Waals surface area (Å²) >= 11 is 4.37. The van der Waals surface area contributed by atoms with E-state index in [0.29, 0.717) is 5.13 Å². The molecule has 6 nitrogen and oxygen atoms in total. The van der Waals surface area contributed by atoms with E-state index < -0.39 is 0 Å². The number of anilines is 2. The molecular formula is C13H11N5OS3. The number of rotatable bonds is 5. The smallest absolute Gasteiger partial charge is 0.299 e. The molecule has 0 aliphatic rings. The summed E-state index contributed by atoms with van der Waals surface area (Å²) in [5.74, 6) is 0.768. The highest BCUT2D eigenvalue weighted by molar-refractivity contribution is 8.00. The molecule has 3 rings (SSSR count). The molecule has 22 heavy (non-hydrogen) atoms. The highest BCUT2D eigenvalue weighted by Gasteiger charge is 2.09. The van der Waals surface area contributed by atoms with Crippen LogP contribution in [0.5, 0.6) is 0 Å². The van der Waals surface area contributed by atoms with Gasteiger partial charge in [0.1, 0.15) is 0 Å². The fourth-order valence-corrected chi connectivity index (χ4v) is 3.83. The van der Waals surface area contributed by atoms with Crippen molar-refractivity contribution in [1.29, 1.82) is 0 Å². The topological polar surface area (TPSA) is 79.8 Å². The lowest BCUT2D eigenvalue weighted by Crippen LogP contribution is -2.18. The monoisotopic (exact) mass is 349 g/mol. The molecular weight excluding hydrogens is 338 g/mol. The standard InChI is InChI=1S/C13H11N5OS3/c19-11(15-10-4-2-6-20-10)16-12-17-18-13(22-12)21-8-9-3-1-5-14-7-9/h1-7H,8H2,(H2,15,16,17,19). The quantitative estimate of drug-likeness (QED) is 0.539. The molecule has 0 saturated heterocycles. The summed E-state index contributed by atoms with van der Waals surface area (Å²) in [6, 6.07) is 7.30. The zero-order chi connectivity index (χ0) is 15.2. The van der Waals surface area contributed by atoms with Crippen LogP contribution in [0.15, 0.2) is 46.4 Å². The van der Waals surface area contributed by atoms with E-state index in [1.165, 1.54) is 22.7 Å². The Bertz CT molecular complexity index is 729.